The van der Waals surface area contributed by atoms with Gasteiger partial charge in [-0.05, 0) is 69.3 Å². The number of carbonyl (C=O) groups is 1. The number of amides is 1. The van der Waals surface area contributed by atoms with Gasteiger partial charge in [0.1, 0.15) is 11.6 Å². The standard InChI is InChI=1S/C30H36ClN5O2/c1-19-23(18-35(2)25-12-6-9-20-8-4-5-10-22(20)25)30(36-16-14-21(15-17-36)28(32)37)34-29(33-19)27-24(31)11-7-13-26(27)38-3/h4-5,7-8,10-11,13,21,25H,6,9,12,14-18H2,1-3H3,(H2,32,37). The third kappa shape index (κ3) is 5.22. The Hall–Kier alpha value is -3.16. The van der Waals surface area contributed by atoms with Gasteiger partial charge < -0.3 is 15.4 Å². The van der Waals surface area contributed by atoms with Crippen molar-refractivity contribution in [2.75, 3.05) is 32.1 Å². The van der Waals surface area contributed by atoms with Crippen LogP contribution < -0.4 is 15.4 Å². The van der Waals surface area contributed by atoms with Crippen molar-refractivity contribution in [2.45, 2.75) is 51.6 Å². The van der Waals surface area contributed by atoms with Crippen LogP contribution in [0.2, 0.25) is 5.02 Å². The molecule has 2 aliphatic rings. The maximum atomic E-state index is 11.8. The van der Waals surface area contributed by atoms with Gasteiger partial charge in [0, 0.05) is 42.9 Å². The maximum Gasteiger partial charge on any atom is 0.220 e. The largest absolute Gasteiger partial charge is 0.496 e. The Morgan fingerprint density at radius 3 is 2.63 bits per heavy atom. The first kappa shape index (κ1) is 26.4. The zero-order valence-corrected chi connectivity index (χ0v) is 23.2. The molecule has 2 heterocycles. The minimum atomic E-state index is -0.221. The summed E-state index contributed by atoms with van der Waals surface area (Å²) in [6.45, 7) is 4.19. The normalized spacial score (nSPS) is 17.9. The van der Waals surface area contributed by atoms with Crippen LogP contribution in [0.3, 0.4) is 0 Å². The van der Waals surface area contributed by atoms with Gasteiger partial charge in [-0.2, -0.15) is 0 Å². The number of hydrogen-bond acceptors (Lipinski definition) is 6. The molecule has 0 bridgehead atoms. The van der Waals surface area contributed by atoms with Crippen LogP contribution >= 0.6 is 11.6 Å². The molecule has 1 unspecified atom stereocenters. The first-order valence-corrected chi connectivity index (χ1v) is 13.8. The second kappa shape index (κ2) is 11.3. The van der Waals surface area contributed by atoms with Crippen LogP contribution in [0.4, 0.5) is 5.82 Å². The highest BCUT2D eigenvalue weighted by atomic mass is 35.5. The van der Waals surface area contributed by atoms with E-state index in [1.54, 1.807) is 7.11 Å². The number of aryl methyl sites for hydroxylation is 2. The highest BCUT2D eigenvalue weighted by molar-refractivity contribution is 6.33. The minimum Gasteiger partial charge on any atom is -0.496 e. The van der Waals surface area contributed by atoms with E-state index >= 15 is 0 Å². The van der Waals surface area contributed by atoms with Gasteiger partial charge in [0.25, 0.3) is 0 Å². The second-order valence-electron chi connectivity index (χ2n) is 10.4. The van der Waals surface area contributed by atoms with E-state index in [0.717, 1.165) is 36.5 Å². The van der Waals surface area contributed by atoms with Crippen molar-refractivity contribution in [3.63, 3.8) is 0 Å². The van der Waals surface area contributed by atoms with E-state index in [2.05, 4.69) is 41.1 Å². The average molecular weight is 534 g/mol. The summed E-state index contributed by atoms with van der Waals surface area (Å²) in [7, 11) is 3.82. The molecule has 1 aromatic heterocycles. The summed E-state index contributed by atoms with van der Waals surface area (Å²) in [6.07, 6.45) is 4.88. The number of nitrogens with zero attached hydrogens (tertiary/aromatic N) is 4. The summed E-state index contributed by atoms with van der Waals surface area (Å²) < 4.78 is 5.62. The number of carbonyl (C=O) groups excluding carboxylic acids is 1. The van der Waals surface area contributed by atoms with Gasteiger partial charge in [-0.3, -0.25) is 9.69 Å². The smallest absolute Gasteiger partial charge is 0.220 e. The molecule has 1 aliphatic carbocycles. The molecule has 7 nitrogen and oxygen atoms in total. The van der Waals surface area contributed by atoms with Gasteiger partial charge in [0.15, 0.2) is 5.82 Å². The fourth-order valence-electron chi connectivity index (χ4n) is 5.95. The van der Waals surface area contributed by atoms with Crippen molar-refractivity contribution in [2.24, 2.45) is 11.7 Å². The van der Waals surface area contributed by atoms with Crippen molar-refractivity contribution in [1.29, 1.82) is 0 Å². The average Bonchev–Trinajstić information content (AvgIpc) is 2.93. The molecule has 200 valence electrons. The van der Waals surface area contributed by atoms with E-state index in [9.17, 15) is 4.79 Å². The fraction of sp³-hybridized carbons (Fsp3) is 0.433. The lowest BCUT2D eigenvalue weighted by Gasteiger charge is -2.36. The Bertz CT molecular complexity index is 1320. The Labute approximate surface area is 230 Å². The zero-order valence-electron chi connectivity index (χ0n) is 22.4. The lowest BCUT2D eigenvalue weighted by atomic mass is 9.87. The molecule has 0 saturated carbocycles. The number of rotatable bonds is 7. The minimum absolute atomic E-state index is 0.0952. The molecule has 1 aliphatic heterocycles. The van der Waals surface area contributed by atoms with E-state index in [-0.39, 0.29) is 11.8 Å². The monoisotopic (exact) mass is 533 g/mol. The molecule has 2 N–H and O–H groups in total. The van der Waals surface area contributed by atoms with Gasteiger partial charge in [0.2, 0.25) is 5.91 Å². The van der Waals surface area contributed by atoms with Gasteiger partial charge in [0.05, 0.1) is 17.7 Å². The number of aromatic nitrogens is 2. The Kier molecular flexibility index (Phi) is 7.86. The summed E-state index contributed by atoms with van der Waals surface area (Å²) in [6, 6.07) is 14.7. The number of benzene rings is 2. The summed E-state index contributed by atoms with van der Waals surface area (Å²) in [5.74, 6) is 1.77. The van der Waals surface area contributed by atoms with Crippen molar-refractivity contribution in [1.82, 2.24) is 14.9 Å². The van der Waals surface area contributed by atoms with E-state index in [0.29, 0.717) is 54.1 Å². The molecule has 3 aromatic rings. The van der Waals surface area contributed by atoms with Crippen LogP contribution in [0.15, 0.2) is 42.5 Å². The van der Waals surface area contributed by atoms with Gasteiger partial charge in [-0.15, -0.1) is 0 Å². The van der Waals surface area contributed by atoms with Crippen LogP contribution in [0, 0.1) is 12.8 Å². The van der Waals surface area contributed by atoms with Crippen LogP contribution in [0.5, 0.6) is 5.75 Å². The second-order valence-corrected chi connectivity index (χ2v) is 10.8. The number of anilines is 1. The van der Waals surface area contributed by atoms with Gasteiger partial charge >= 0.3 is 0 Å². The molecule has 1 saturated heterocycles. The highest BCUT2D eigenvalue weighted by Crippen LogP contribution is 2.39. The van der Waals surface area contributed by atoms with Crippen molar-refractivity contribution >= 4 is 23.3 Å². The number of primary amides is 1. The number of methoxy groups -OCH3 is 1. The number of fused-ring (bicyclic) bond motifs is 1. The highest BCUT2D eigenvalue weighted by Gasteiger charge is 2.30. The summed E-state index contributed by atoms with van der Waals surface area (Å²) in [4.78, 5) is 26.6. The molecular weight excluding hydrogens is 498 g/mol. The van der Waals surface area contributed by atoms with Gasteiger partial charge in [-0.25, -0.2) is 9.97 Å². The predicted molar refractivity (Wildman–Crippen MR) is 151 cm³/mol. The number of ether oxygens (including phenoxy) is 1. The quantitative estimate of drug-likeness (QED) is 0.442. The van der Waals surface area contributed by atoms with Crippen molar-refractivity contribution in [3.8, 4) is 17.1 Å². The molecule has 8 heteroatoms. The Morgan fingerprint density at radius 2 is 1.89 bits per heavy atom. The van der Waals surface area contributed by atoms with E-state index in [4.69, 9.17) is 32.0 Å². The van der Waals surface area contributed by atoms with Crippen LogP contribution in [0.1, 0.15) is 54.1 Å². The molecule has 0 radical (unpaired) electrons. The number of piperidine rings is 1. The fourth-order valence-corrected chi connectivity index (χ4v) is 6.20. The number of hydrogen-bond donors (Lipinski definition) is 1. The third-order valence-electron chi connectivity index (χ3n) is 8.09. The van der Waals surface area contributed by atoms with Crippen molar-refractivity contribution < 1.29 is 9.53 Å². The molecule has 0 spiro atoms. The van der Waals surface area contributed by atoms with E-state index < -0.39 is 0 Å². The van der Waals surface area contributed by atoms with Crippen LogP contribution in [-0.4, -0.2) is 48.0 Å². The topological polar surface area (TPSA) is 84.6 Å². The number of nitrogens with two attached hydrogens (primary N) is 1. The lowest BCUT2D eigenvalue weighted by molar-refractivity contribution is -0.122. The van der Waals surface area contributed by atoms with Crippen LogP contribution in [0.25, 0.3) is 11.4 Å². The lowest BCUT2D eigenvalue weighted by Crippen LogP contribution is -2.40. The molecular formula is C30H36ClN5O2. The first-order chi connectivity index (χ1) is 18.4. The zero-order chi connectivity index (χ0) is 26.8. The van der Waals surface area contributed by atoms with E-state index in [1.165, 1.54) is 17.5 Å². The predicted octanol–water partition coefficient (Wildman–Crippen LogP) is 5.33. The summed E-state index contributed by atoms with van der Waals surface area (Å²) >= 11 is 6.63. The van der Waals surface area contributed by atoms with Gasteiger partial charge in [-0.1, -0.05) is 41.9 Å². The Balaban J connectivity index is 1.54. The number of halogens is 1. The molecule has 38 heavy (non-hydrogen) atoms. The first-order valence-electron chi connectivity index (χ1n) is 13.4. The summed E-state index contributed by atoms with van der Waals surface area (Å²) in [5, 5.41) is 0.547. The molecule has 1 fully saturated rings. The Morgan fingerprint density at radius 1 is 1.13 bits per heavy atom. The SMILES string of the molecule is COc1cccc(Cl)c1-c1nc(C)c(CN(C)C2CCCc3ccccc32)c(N2CCC(C(N)=O)CC2)n1. The third-order valence-corrected chi connectivity index (χ3v) is 8.40. The maximum absolute atomic E-state index is 11.8. The molecule has 1 amide bonds. The molecule has 1 atom stereocenters. The van der Waals surface area contributed by atoms with Crippen LogP contribution in [-0.2, 0) is 17.8 Å². The van der Waals surface area contributed by atoms with Crippen molar-refractivity contribution in [3.05, 3.63) is 69.9 Å². The molecule has 2 aromatic carbocycles. The summed E-state index contributed by atoms with van der Waals surface area (Å²) in [5.41, 5.74) is 11.2. The van der Waals surface area contributed by atoms with E-state index in [1.807, 2.05) is 25.1 Å². The molecule has 5 rings (SSSR count).